The van der Waals surface area contributed by atoms with Crippen molar-refractivity contribution >= 4 is 11.8 Å². The van der Waals surface area contributed by atoms with Gasteiger partial charge in [-0.1, -0.05) is 17.8 Å². The monoisotopic (exact) mass is 220 g/mol. The maximum Gasteiger partial charge on any atom is 0.409 e. The van der Waals surface area contributed by atoms with Crippen molar-refractivity contribution in [3.05, 3.63) is 30.6 Å². The normalized spacial score (nSPS) is 12.2. The summed E-state index contributed by atoms with van der Waals surface area (Å²) >= 11 is 1.15. The highest BCUT2D eigenvalue weighted by Gasteiger charge is 2.21. The lowest BCUT2D eigenvalue weighted by Gasteiger charge is -1.97. The minimum Gasteiger partial charge on any atom is -0.231 e. The van der Waals surface area contributed by atoms with Crippen molar-refractivity contribution in [2.45, 2.75) is 11.3 Å². The van der Waals surface area contributed by atoms with Crippen molar-refractivity contribution < 1.29 is 13.2 Å². The SMILES string of the molecule is FC(F)(F)C=CCSc1ncccn1. The van der Waals surface area contributed by atoms with Crippen LogP contribution >= 0.6 is 11.8 Å². The lowest BCUT2D eigenvalue weighted by molar-refractivity contribution is -0.0799. The first kappa shape index (κ1) is 11.0. The predicted molar refractivity (Wildman–Crippen MR) is 48.0 cm³/mol. The zero-order valence-corrected chi connectivity index (χ0v) is 7.85. The molecule has 0 aliphatic heterocycles. The van der Waals surface area contributed by atoms with Crippen molar-refractivity contribution in [3.8, 4) is 0 Å². The molecule has 1 rings (SSSR count). The number of nitrogens with zero attached hydrogens (tertiary/aromatic N) is 2. The smallest absolute Gasteiger partial charge is 0.231 e. The summed E-state index contributed by atoms with van der Waals surface area (Å²) in [5.74, 6) is 0.212. The Bertz CT molecular complexity index is 297. The number of hydrogen-bond acceptors (Lipinski definition) is 3. The Kier molecular flexibility index (Phi) is 3.94. The van der Waals surface area contributed by atoms with Gasteiger partial charge in [-0.3, -0.25) is 0 Å². The second-order valence-corrected chi connectivity index (χ2v) is 3.27. The van der Waals surface area contributed by atoms with Gasteiger partial charge in [0.25, 0.3) is 0 Å². The topological polar surface area (TPSA) is 25.8 Å². The van der Waals surface area contributed by atoms with Crippen LogP contribution < -0.4 is 0 Å². The van der Waals surface area contributed by atoms with E-state index in [1.54, 1.807) is 18.5 Å². The average Bonchev–Trinajstić information content (AvgIpc) is 2.13. The number of alkyl halides is 3. The maximum absolute atomic E-state index is 11.7. The van der Waals surface area contributed by atoms with E-state index in [4.69, 9.17) is 0 Å². The Balaban J connectivity index is 2.33. The van der Waals surface area contributed by atoms with Gasteiger partial charge in [-0.05, 0) is 6.07 Å². The summed E-state index contributed by atoms with van der Waals surface area (Å²) in [4.78, 5) is 7.70. The van der Waals surface area contributed by atoms with Gasteiger partial charge in [0.05, 0.1) is 0 Å². The molecule has 0 unspecified atom stereocenters. The van der Waals surface area contributed by atoms with Gasteiger partial charge in [0.15, 0.2) is 5.16 Å². The first-order valence-electron chi connectivity index (χ1n) is 3.72. The molecule has 0 bridgehead atoms. The van der Waals surface area contributed by atoms with Crippen LogP contribution in [0.2, 0.25) is 0 Å². The third kappa shape index (κ3) is 4.86. The molecule has 0 aliphatic rings. The third-order valence-corrected chi connectivity index (χ3v) is 1.99. The van der Waals surface area contributed by atoms with Crippen molar-refractivity contribution in [1.82, 2.24) is 9.97 Å². The van der Waals surface area contributed by atoms with Gasteiger partial charge in [0, 0.05) is 24.2 Å². The molecule has 2 nitrogen and oxygen atoms in total. The zero-order chi connectivity index (χ0) is 10.4. The number of rotatable bonds is 3. The molecule has 0 N–H and O–H groups in total. The van der Waals surface area contributed by atoms with Crippen LogP contribution in [0.4, 0.5) is 13.2 Å². The van der Waals surface area contributed by atoms with Crippen LogP contribution in [0, 0.1) is 0 Å². The van der Waals surface area contributed by atoms with Gasteiger partial charge in [-0.15, -0.1) is 0 Å². The highest BCUT2D eigenvalue weighted by molar-refractivity contribution is 7.99. The fraction of sp³-hybridized carbons (Fsp3) is 0.250. The van der Waals surface area contributed by atoms with Crippen molar-refractivity contribution in [1.29, 1.82) is 0 Å². The second-order valence-electron chi connectivity index (χ2n) is 2.29. The minimum atomic E-state index is -4.24. The fourth-order valence-corrected chi connectivity index (χ4v) is 1.28. The van der Waals surface area contributed by atoms with Crippen LogP contribution in [0.5, 0.6) is 0 Å². The Labute approximate surface area is 83.3 Å². The summed E-state index contributed by atoms with van der Waals surface area (Å²) in [5.41, 5.74) is 0. The molecule has 1 heterocycles. The lowest BCUT2D eigenvalue weighted by atomic mass is 10.5. The van der Waals surface area contributed by atoms with Gasteiger partial charge in [-0.2, -0.15) is 13.2 Å². The van der Waals surface area contributed by atoms with Crippen LogP contribution in [-0.4, -0.2) is 21.9 Å². The molecule has 14 heavy (non-hydrogen) atoms. The van der Waals surface area contributed by atoms with E-state index < -0.39 is 6.18 Å². The van der Waals surface area contributed by atoms with Crippen LogP contribution in [0.1, 0.15) is 0 Å². The molecule has 76 valence electrons. The molecular formula is C8H7F3N2S. The molecule has 0 spiro atoms. The molecule has 1 aromatic rings. The Hall–Kier alpha value is -1.04. The zero-order valence-electron chi connectivity index (χ0n) is 7.03. The Morgan fingerprint density at radius 3 is 2.50 bits per heavy atom. The lowest BCUT2D eigenvalue weighted by Crippen LogP contribution is -2.00. The third-order valence-electron chi connectivity index (χ3n) is 1.16. The van der Waals surface area contributed by atoms with E-state index in [1.807, 2.05) is 0 Å². The average molecular weight is 220 g/mol. The maximum atomic E-state index is 11.7. The van der Waals surface area contributed by atoms with Gasteiger partial charge >= 0.3 is 6.18 Å². The highest BCUT2D eigenvalue weighted by Crippen LogP contribution is 2.17. The standard InChI is InChI=1S/C8H7F3N2S/c9-8(10,11)3-1-6-14-7-12-4-2-5-13-7/h1-5H,6H2. The number of hydrogen-bond donors (Lipinski definition) is 0. The van der Waals surface area contributed by atoms with Gasteiger partial charge in [0.2, 0.25) is 0 Å². The van der Waals surface area contributed by atoms with Gasteiger partial charge in [-0.25, -0.2) is 9.97 Å². The molecule has 0 radical (unpaired) electrons. The van der Waals surface area contributed by atoms with Crippen LogP contribution in [0.3, 0.4) is 0 Å². The van der Waals surface area contributed by atoms with Crippen LogP contribution in [0.15, 0.2) is 35.8 Å². The predicted octanol–water partition coefficient (Wildman–Crippen LogP) is 2.69. The second kappa shape index (κ2) is 4.99. The largest absolute Gasteiger partial charge is 0.409 e. The minimum absolute atomic E-state index is 0.211. The summed E-state index contributed by atoms with van der Waals surface area (Å²) < 4.78 is 35.0. The van der Waals surface area contributed by atoms with E-state index >= 15 is 0 Å². The van der Waals surface area contributed by atoms with E-state index in [0.29, 0.717) is 5.16 Å². The molecule has 0 aliphatic carbocycles. The van der Waals surface area contributed by atoms with E-state index in [2.05, 4.69) is 9.97 Å². The van der Waals surface area contributed by atoms with E-state index in [0.717, 1.165) is 17.8 Å². The quantitative estimate of drug-likeness (QED) is 0.445. The summed E-state index contributed by atoms with van der Waals surface area (Å²) in [5, 5.41) is 0.472. The van der Waals surface area contributed by atoms with E-state index in [9.17, 15) is 13.2 Å². The van der Waals surface area contributed by atoms with Crippen LogP contribution in [0.25, 0.3) is 0 Å². The summed E-state index contributed by atoms with van der Waals surface area (Å²) in [6.07, 6.45) is 0.105. The molecule has 1 aromatic heterocycles. The molecular weight excluding hydrogens is 213 g/mol. The number of aromatic nitrogens is 2. The number of allylic oxidation sites excluding steroid dienone is 1. The van der Waals surface area contributed by atoms with Crippen molar-refractivity contribution in [2.75, 3.05) is 5.75 Å². The summed E-state index contributed by atoms with van der Waals surface area (Å²) in [6.45, 7) is 0. The van der Waals surface area contributed by atoms with Gasteiger partial charge in [0.1, 0.15) is 0 Å². The van der Waals surface area contributed by atoms with E-state index in [-0.39, 0.29) is 11.8 Å². The molecule has 0 atom stereocenters. The highest BCUT2D eigenvalue weighted by atomic mass is 32.2. The summed E-state index contributed by atoms with van der Waals surface area (Å²) in [6, 6.07) is 1.65. The number of halogens is 3. The van der Waals surface area contributed by atoms with Crippen molar-refractivity contribution in [3.63, 3.8) is 0 Å². The van der Waals surface area contributed by atoms with Crippen molar-refractivity contribution in [2.24, 2.45) is 0 Å². The first-order valence-corrected chi connectivity index (χ1v) is 4.71. The number of thioether (sulfide) groups is 1. The molecule has 0 saturated heterocycles. The fourth-order valence-electron chi connectivity index (χ4n) is 0.664. The molecule has 0 amide bonds. The molecule has 0 saturated carbocycles. The Morgan fingerprint density at radius 2 is 1.93 bits per heavy atom. The molecule has 0 fully saturated rings. The van der Waals surface area contributed by atoms with E-state index in [1.165, 1.54) is 0 Å². The molecule has 6 heteroatoms. The summed E-state index contributed by atoms with van der Waals surface area (Å²) in [7, 11) is 0. The van der Waals surface area contributed by atoms with Crippen LogP contribution in [-0.2, 0) is 0 Å². The Morgan fingerprint density at radius 1 is 1.29 bits per heavy atom. The first-order chi connectivity index (χ1) is 6.58. The van der Waals surface area contributed by atoms with Gasteiger partial charge < -0.3 is 0 Å². The molecule has 0 aromatic carbocycles.